The molecule has 6 bridgehead atoms. The van der Waals surface area contributed by atoms with Crippen LogP contribution in [0.5, 0.6) is 0 Å². The summed E-state index contributed by atoms with van der Waals surface area (Å²) in [6.45, 7) is 70.0. The quantitative estimate of drug-likeness (QED) is 0.141. The van der Waals surface area contributed by atoms with Gasteiger partial charge in [0.2, 0.25) is 0 Å². The van der Waals surface area contributed by atoms with E-state index in [1.807, 2.05) is 0 Å². The Hall–Kier alpha value is -10.9. The fourth-order valence-electron chi connectivity index (χ4n) is 21.1. The first-order valence-electron chi connectivity index (χ1n) is 47.4. The Morgan fingerprint density at radius 1 is 0.200 bits per heavy atom. The summed E-state index contributed by atoms with van der Waals surface area (Å²) in [5.74, 6) is 0. The molecular weight excluding hydrogens is 1620 g/mol. The summed E-state index contributed by atoms with van der Waals surface area (Å²) in [6.07, 6.45) is 0. The van der Waals surface area contributed by atoms with E-state index < -0.39 is 16.1 Å². The summed E-state index contributed by atoms with van der Waals surface area (Å²) in [5.41, 5.74) is 35.9. The summed E-state index contributed by atoms with van der Waals surface area (Å²) in [5, 5.41) is 11.9. The van der Waals surface area contributed by atoms with E-state index in [-0.39, 0.29) is 50.0 Å². The van der Waals surface area contributed by atoms with Gasteiger partial charge in [0.25, 0.3) is 6.71 Å². The maximum absolute atomic E-state index is 8.20. The first kappa shape index (κ1) is 91.0. The van der Waals surface area contributed by atoms with Gasteiger partial charge in [0.05, 0.1) is 16.4 Å². The molecule has 14 aromatic rings. The minimum Gasteiger partial charge on any atom is -0.311 e. The molecule has 662 valence electrons. The van der Waals surface area contributed by atoms with Crippen molar-refractivity contribution < 1.29 is 0 Å². The molecule has 4 nitrogen and oxygen atoms in total. The van der Waals surface area contributed by atoms with Gasteiger partial charge < -0.3 is 19.6 Å². The van der Waals surface area contributed by atoms with Gasteiger partial charge in [0.15, 0.2) is 16.1 Å². The van der Waals surface area contributed by atoms with Gasteiger partial charge in [-0.25, -0.2) is 0 Å². The lowest BCUT2D eigenvalue weighted by atomic mass is 9.33. The molecule has 0 unspecified atom stereocenters. The molecule has 0 radical (unpaired) electrons. The molecule has 14 aromatic carbocycles. The molecule has 0 amide bonds. The fourth-order valence-corrected chi connectivity index (χ4v) is 31.8. The third-order valence-electron chi connectivity index (χ3n) is 28.1. The number of fused-ring (bicyclic) bond motifs is 6. The monoisotopic (exact) mass is 1760 g/mol. The van der Waals surface area contributed by atoms with E-state index in [9.17, 15) is 0 Å². The van der Waals surface area contributed by atoms with Gasteiger partial charge in [0, 0.05) is 56.9 Å². The second-order valence-electron chi connectivity index (χ2n) is 46.8. The van der Waals surface area contributed by atoms with Crippen LogP contribution in [-0.4, -0.2) is 22.9 Å². The number of hydrogen-bond donors (Lipinski definition) is 0. The molecule has 18 rings (SSSR count). The van der Waals surface area contributed by atoms with Gasteiger partial charge in [0.1, 0.15) is 0 Å². The third-order valence-corrected chi connectivity index (χ3v) is 38.1. The van der Waals surface area contributed by atoms with Crippen LogP contribution >= 0.6 is 11.6 Å². The summed E-state index contributed by atoms with van der Waals surface area (Å²) < 4.78 is 0. The van der Waals surface area contributed by atoms with Crippen LogP contribution in [0, 0.1) is 41.5 Å². The van der Waals surface area contributed by atoms with Crippen molar-refractivity contribution in [1.82, 2.24) is 0 Å². The van der Waals surface area contributed by atoms with Crippen molar-refractivity contribution in [3.63, 3.8) is 0 Å². The highest BCUT2D eigenvalue weighted by atomic mass is 35.5. The number of nitrogens with zero attached hydrogens (tertiary/aromatic N) is 4. The van der Waals surface area contributed by atoms with Gasteiger partial charge in [-0.2, -0.15) is 0 Å². The predicted octanol–water partition coefficient (Wildman–Crippen LogP) is 26.7. The highest BCUT2D eigenvalue weighted by Gasteiger charge is 2.57. The van der Waals surface area contributed by atoms with Gasteiger partial charge >= 0.3 is 0 Å². The Labute approximate surface area is 787 Å². The summed E-state index contributed by atoms with van der Waals surface area (Å²) in [6, 6.07) is 110. The largest absolute Gasteiger partial charge is 0.311 e. The molecule has 8 heteroatoms. The Morgan fingerprint density at radius 2 is 0.408 bits per heavy atom. The van der Waals surface area contributed by atoms with Crippen molar-refractivity contribution in [3.8, 4) is 0 Å². The van der Waals surface area contributed by atoms with Gasteiger partial charge in [-0.15, -0.1) is 0 Å². The van der Waals surface area contributed by atoms with Gasteiger partial charge in [-0.1, -0.05) is 348 Å². The van der Waals surface area contributed by atoms with Crippen LogP contribution in [-0.2, 0) is 43.3 Å². The minimum absolute atomic E-state index is 0.0413. The summed E-state index contributed by atoms with van der Waals surface area (Å²) in [7, 11) is -6.08. The predicted molar refractivity (Wildman–Crippen MR) is 574 cm³/mol. The highest BCUT2D eigenvalue weighted by molar-refractivity contribution is 7.27. The number of rotatable bonds is 8. The van der Waals surface area contributed by atoms with E-state index >= 15 is 0 Å². The Balaban J connectivity index is 0.000000182. The number of hydrogen-bond acceptors (Lipinski definition) is 4. The molecule has 0 atom stereocenters. The molecule has 130 heavy (non-hydrogen) atoms. The minimum atomic E-state index is -3.08. The molecule has 0 saturated carbocycles. The average molecular weight is 1760 g/mol. The maximum Gasteiger partial charge on any atom is 0.251 e. The van der Waals surface area contributed by atoms with Crippen LogP contribution in [0.1, 0.15) is 244 Å². The molecule has 0 spiro atoms. The highest BCUT2D eigenvalue weighted by Crippen LogP contribution is 2.53. The number of aryl methyl sites for hydroxylation is 6. The van der Waals surface area contributed by atoms with Crippen molar-refractivity contribution >= 4 is 161 Å². The number of anilines is 12. The van der Waals surface area contributed by atoms with Crippen molar-refractivity contribution in [3.05, 3.63) is 362 Å². The van der Waals surface area contributed by atoms with Crippen LogP contribution in [0.2, 0.25) is 5.02 Å². The van der Waals surface area contributed by atoms with E-state index in [1.165, 1.54) is 164 Å². The second-order valence-corrected chi connectivity index (χ2v) is 54.7. The van der Waals surface area contributed by atoms with Crippen LogP contribution < -0.4 is 77.5 Å². The zero-order valence-electron chi connectivity index (χ0n) is 83.3. The van der Waals surface area contributed by atoms with E-state index in [4.69, 9.17) is 11.6 Å². The molecule has 0 N–H and O–H groups in total. The second kappa shape index (κ2) is 32.2. The molecule has 0 aliphatic carbocycles. The Kier molecular flexibility index (Phi) is 22.6. The van der Waals surface area contributed by atoms with Crippen LogP contribution in [0.4, 0.5) is 68.2 Å². The first-order chi connectivity index (χ1) is 60.8. The molecule has 0 fully saturated rings. The van der Waals surface area contributed by atoms with E-state index in [1.54, 1.807) is 0 Å². The fraction of sp³-hybridized carbons (Fsp3) is 0.311. The zero-order valence-corrected chi connectivity index (χ0v) is 86.1. The number of benzene rings is 14. The van der Waals surface area contributed by atoms with Crippen molar-refractivity contribution in [1.29, 1.82) is 0 Å². The van der Waals surface area contributed by atoms with Gasteiger partial charge in [-0.3, -0.25) is 0 Å². The number of halogens is 1. The van der Waals surface area contributed by atoms with Gasteiger partial charge in [-0.05, 0) is 330 Å². The van der Waals surface area contributed by atoms with Crippen molar-refractivity contribution in [2.45, 2.75) is 251 Å². The summed E-state index contributed by atoms with van der Waals surface area (Å²) in [4.78, 5) is 10.3. The smallest absolute Gasteiger partial charge is 0.251 e. The topological polar surface area (TPSA) is 13.0 Å². The van der Waals surface area contributed by atoms with E-state index in [2.05, 4.69) is 506 Å². The molecule has 4 heterocycles. The Morgan fingerprint density at radius 3 is 0.662 bits per heavy atom. The zero-order chi connectivity index (χ0) is 93.4. The van der Waals surface area contributed by atoms with E-state index in [0.29, 0.717) is 5.02 Å². The van der Waals surface area contributed by atoms with Crippen LogP contribution in [0.15, 0.2) is 279 Å². The standard InChI is InChI=1S/C61H67BN2Si.C61H69ClN2Si/c1-38-26-49-55-50(27-38)64(46-36-43(60(10,11)12)33-44(37-46)61(13,14)15)52-29-40(3)31-54-57(52)62(55)56-51(63(49)45-34-41(58(4,5)6)32-42(35-45)59(7,8)9)28-39(2)30-53(56)65(54,47-22-18-16-19-23-47)48-24-20-17-21-25-48;1-40-26-47-38-53(28-40)65(51-22-18-16-19-23-51,52-24-20-17-21-25-52)54-29-41(2)27-48(39-54)64(50-36-45(60(10,11)12)33-46(37-50)61(13,14)15)56-31-42(3)30-55(57(56)62)63(47)49-34-43(58(4,5)6)32-44(35-49)59(7,8)9/h16-37H,1-15H3;16-39H,1-15H3. The molecular formula is C122H136BClN4Si2. The van der Waals surface area contributed by atoms with Crippen molar-refractivity contribution in [2.75, 3.05) is 19.6 Å². The van der Waals surface area contributed by atoms with E-state index in [0.717, 1.165) is 39.7 Å². The molecule has 4 aliphatic heterocycles. The molecule has 0 saturated heterocycles. The maximum atomic E-state index is 8.20. The average Bonchev–Trinajstić information content (AvgIpc) is 0.657. The van der Waals surface area contributed by atoms with Crippen molar-refractivity contribution in [2.24, 2.45) is 0 Å². The molecule has 4 aliphatic rings. The lowest BCUT2D eigenvalue weighted by Crippen LogP contribution is -2.88. The van der Waals surface area contributed by atoms with Crippen LogP contribution in [0.3, 0.4) is 0 Å². The van der Waals surface area contributed by atoms with Crippen LogP contribution in [0.25, 0.3) is 0 Å². The molecule has 0 aromatic heterocycles. The SMILES string of the molecule is Cc1cc2c3c(c1)N(c1cc(C(C)(C)C)cc(C(C)(C)C)c1)c1cc(C)cc4c1B3c1c(cc(C)cc1[Si]4(c1ccccc1)c1ccccc1)N2c1cc(C(C)(C)C)cc(C(C)(C)C)c1.Cc1cc2cc(c1)[Si](c1ccccc1)(c1ccccc1)c1cc(C)cc(c1)N(c1cc(C(C)(C)C)cc(C(C)(C)C)c1)c1cc(C)cc(c1Cl)N2c1cc(C(C)(C)C)cc(C(C)(C)C)c1. The lowest BCUT2D eigenvalue weighted by molar-refractivity contribution is 0.568. The normalized spacial score (nSPS) is 14.6. The summed E-state index contributed by atoms with van der Waals surface area (Å²) >= 11 is 8.20. The third kappa shape index (κ3) is 16.1. The Bertz CT molecular complexity index is 6260. The lowest BCUT2D eigenvalue weighted by Gasteiger charge is -2.52. The first-order valence-corrected chi connectivity index (χ1v) is 51.8.